The number of rotatable bonds is 4. The Bertz CT molecular complexity index is 783. The van der Waals surface area contributed by atoms with Crippen LogP contribution in [0.25, 0.3) is 11.5 Å². The summed E-state index contributed by atoms with van der Waals surface area (Å²) in [5.41, 5.74) is 3.97. The second-order valence-corrected chi connectivity index (χ2v) is 6.50. The van der Waals surface area contributed by atoms with Gasteiger partial charge in [0.2, 0.25) is 0 Å². The Morgan fingerprint density at radius 3 is 2.77 bits per heavy atom. The molecule has 4 heteroatoms. The zero-order chi connectivity index (χ0) is 14.8. The lowest BCUT2D eigenvalue weighted by Crippen LogP contribution is -1.86. The zero-order valence-electron chi connectivity index (χ0n) is 12.2. The van der Waals surface area contributed by atoms with Crippen LogP contribution in [0.15, 0.2) is 57.9 Å². The Kier molecular flexibility index (Phi) is 3.69. The normalized spacial score (nSPS) is 13.3. The largest absolute Gasteiger partial charge is 0.334 e. The average Bonchev–Trinajstić information content (AvgIpc) is 3.22. The third-order valence-electron chi connectivity index (χ3n) is 3.93. The first-order valence-corrected chi connectivity index (χ1v) is 8.50. The van der Waals surface area contributed by atoms with Crippen molar-refractivity contribution in [2.24, 2.45) is 0 Å². The van der Waals surface area contributed by atoms with Crippen LogP contribution in [0.2, 0.25) is 0 Å². The summed E-state index contributed by atoms with van der Waals surface area (Å²) in [4.78, 5) is 5.75. The van der Waals surface area contributed by atoms with Crippen LogP contribution in [0.5, 0.6) is 0 Å². The van der Waals surface area contributed by atoms with Crippen molar-refractivity contribution in [3.05, 3.63) is 65.5 Å². The predicted molar refractivity (Wildman–Crippen MR) is 87.8 cm³/mol. The molecule has 0 bridgehead atoms. The molecule has 1 aliphatic carbocycles. The first-order chi connectivity index (χ1) is 10.9. The number of fused-ring (bicyclic) bond motifs is 1. The van der Waals surface area contributed by atoms with E-state index in [2.05, 4.69) is 28.3 Å². The molecule has 0 aliphatic heterocycles. The van der Waals surface area contributed by atoms with E-state index < -0.39 is 0 Å². The lowest BCUT2D eigenvalue weighted by atomic mass is 10.1. The summed E-state index contributed by atoms with van der Waals surface area (Å²) in [5.74, 6) is 2.06. The van der Waals surface area contributed by atoms with Gasteiger partial charge in [-0.15, -0.1) is 11.8 Å². The molecule has 4 rings (SSSR count). The van der Waals surface area contributed by atoms with E-state index in [4.69, 9.17) is 4.52 Å². The maximum atomic E-state index is 5.34. The van der Waals surface area contributed by atoms with E-state index in [0.717, 1.165) is 17.1 Å². The lowest BCUT2D eigenvalue weighted by Gasteiger charge is -2.03. The molecular weight excluding hydrogens is 292 g/mol. The molecular formula is C18H16N2OS. The number of thioether (sulfide) groups is 1. The van der Waals surface area contributed by atoms with E-state index in [1.54, 1.807) is 11.8 Å². The molecule has 0 N–H and O–H groups in total. The van der Waals surface area contributed by atoms with E-state index in [9.17, 15) is 0 Å². The minimum atomic E-state index is 0.588. The standard InChI is InChI=1S/C18H16N2OS/c1-2-5-14(6-3-1)18-19-17(20-21-18)12-22-16-10-9-13-7-4-8-15(13)11-16/h1-3,5-6,9-11H,4,7-8,12H2. The van der Waals surface area contributed by atoms with Crippen molar-refractivity contribution in [2.75, 3.05) is 0 Å². The molecule has 0 amide bonds. The van der Waals surface area contributed by atoms with Gasteiger partial charge in [0.25, 0.3) is 5.89 Å². The Balaban J connectivity index is 1.45. The Morgan fingerprint density at radius 2 is 1.86 bits per heavy atom. The van der Waals surface area contributed by atoms with Gasteiger partial charge in [-0.2, -0.15) is 4.98 Å². The SMILES string of the molecule is c1ccc(-c2nc(CSc3ccc4c(c3)CCC4)no2)cc1. The van der Waals surface area contributed by atoms with Crippen LogP contribution < -0.4 is 0 Å². The first kappa shape index (κ1) is 13.6. The molecule has 1 heterocycles. The maximum absolute atomic E-state index is 5.34. The molecule has 3 nitrogen and oxygen atoms in total. The van der Waals surface area contributed by atoms with E-state index in [0.29, 0.717) is 5.89 Å². The fraction of sp³-hybridized carbons (Fsp3) is 0.222. The molecule has 0 fully saturated rings. The lowest BCUT2D eigenvalue weighted by molar-refractivity contribution is 0.425. The molecule has 0 spiro atoms. The molecule has 0 saturated carbocycles. The van der Waals surface area contributed by atoms with Crippen molar-refractivity contribution < 1.29 is 4.52 Å². The summed E-state index contributed by atoms with van der Waals surface area (Å²) >= 11 is 1.76. The zero-order valence-corrected chi connectivity index (χ0v) is 13.0. The van der Waals surface area contributed by atoms with Crippen LogP contribution in [0, 0.1) is 0 Å². The van der Waals surface area contributed by atoms with Gasteiger partial charge < -0.3 is 4.52 Å². The molecule has 0 atom stereocenters. The molecule has 1 aromatic heterocycles. The molecule has 110 valence electrons. The van der Waals surface area contributed by atoms with Crippen LogP contribution in [0.3, 0.4) is 0 Å². The molecule has 1 aliphatic rings. The van der Waals surface area contributed by atoms with Crippen molar-refractivity contribution in [2.45, 2.75) is 29.9 Å². The van der Waals surface area contributed by atoms with Crippen molar-refractivity contribution in [3.63, 3.8) is 0 Å². The molecule has 2 aromatic carbocycles. The van der Waals surface area contributed by atoms with E-state index in [1.165, 1.54) is 35.3 Å². The van der Waals surface area contributed by atoms with Crippen LogP contribution in [-0.2, 0) is 18.6 Å². The Hall–Kier alpha value is -2.07. The van der Waals surface area contributed by atoms with Crippen molar-refractivity contribution in [1.29, 1.82) is 0 Å². The van der Waals surface area contributed by atoms with Gasteiger partial charge in [0.05, 0.1) is 5.75 Å². The Morgan fingerprint density at radius 1 is 1.00 bits per heavy atom. The maximum Gasteiger partial charge on any atom is 0.257 e. The quantitative estimate of drug-likeness (QED) is 0.664. The number of nitrogens with zero attached hydrogens (tertiary/aromatic N) is 2. The predicted octanol–water partition coefficient (Wildman–Crippen LogP) is 4.52. The fourth-order valence-corrected chi connectivity index (χ4v) is 3.60. The van der Waals surface area contributed by atoms with Gasteiger partial charge in [-0.1, -0.05) is 29.4 Å². The van der Waals surface area contributed by atoms with Gasteiger partial charge in [0.15, 0.2) is 5.82 Å². The van der Waals surface area contributed by atoms with Gasteiger partial charge in [-0.3, -0.25) is 0 Å². The minimum absolute atomic E-state index is 0.588. The van der Waals surface area contributed by atoms with E-state index >= 15 is 0 Å². The molecule has 0 unspecified atom stereocenters. The van der Waals surface area contributed by atoms with Crippen molar-refractivity contribution >= 4 is 11.8 Å². The highest BCUT2D eigenvalue weighted by Gasteiger charge is 2.12. The third-order valence-corrected chi connectivity index (χ3v) is 4.92. The average molecular weight is 308 g/mol. The monoisotopic (exact) mass is 308 g/mol. The van der Waals surface area contributed by atoms with Crippen LogP contribution in [0.4, 0.5) is 0 Å². The second kappa shape index (κ2) is 5.97. The number of hydrogen-bond donors (Lipinski definition) is 0. The highest BCUT2D eigenvalue weighted by Crippen LogP contribution is 2.29. The number of benzene rings is 2. The number of aryl methyl sites for hydroxylation is 2. The number of aromatic nitrogens is 2. The fourth-order valence-electron chi connectivity index (χ4n) is 2.80. The van der Waals surface area contributed by atoms with Gasteiger partial charge in [-0.05, 0) is 54.7 Å². The Labute approximate surface area is 133 Å². The summed E-state index contributed by atoms with van der Waals surface area (Å²) in [7, 11) is 0. The van der Waals surface area contributed by atoms with Crippen molar-refractivity contribution in [3.8, 4) is 11.5 Å². The van der Waals surface area contributed by atoms with E-state index in [1.807, 2.05) is 30.3 Å². The topological polar surface area (TPSA) is 38.9 Å². The third kappa shape index (κ3) is 2.79. The second-order valence-electron chi connectivity index (χ2n) is 5.45. The molecule has 0 saturated heterocycles. The molecule has 3 aromatic rings. The summed E-state index contributed by atoms with van der Waals surface area (Å²) < 4.78 is 5.34. The molecule has 22 heavy (non-hydrogen) atoms. The highest BCUT2D eigenvalue weighted by molar-refractivity contribution is 7.98. The minimum Gasteiger partial charge on any atom is -0.334 e. The van der Waals surface area contributed by atoms with Crippen LogP contribution >= 0.6 is 11.8 Å². The summed E-state index contributed by atoms with van der Waals surface area (Å²) in [5, 5.41) is 4.07. The van der Waals surface area contributed by atoms with Gasteiger partial charge in [-0.25, -0.2) is 0 Å². The van der Waals surface area contributed by atoms with E-state index in [-0.39, 0.29) is 0 Å². The van der Waals surface area contributed by atoms with Gasteiger partial charge in [0.1, 0.15) is 0 Å². The van der Waals surface area contributed by atoms with Gasteiger partial charge >= 0.3 is 0 Å². The summed E-state index contributed by atoms with van der Waals surface area (Å²) in [6.45, 7) is 0. The highest BCUT2D eigenvalue weighted by atomic mass is 32.2. The smallest absolute Gasteiger partial charge is 0.257 e. The van der Waals surface area contributed by atoms with Crippen molar-refractivity contribution in [1.82, 2.24) is 10.1 Å². The first-order valence-electron chi connectivity index (χ1n) is 7.51. The molecule has 0 radical (unpaired) electrons. The van der Waals surface area contributed by atoms with Crippen LogP contribution in [0.1, 0.15) is 23.4 Å². The van der Waals surface area contributed by atoms with Gasteiger partial charge in [0, 0.05) is 10.5 Å². The summed E-state index contributed by atoms with van der Waals surface area (Å²) in [6, 6.07) is 16.6. The number of hydrogen-bond acceptors (Lipinski definition) is 4. The van der Waals surface area contributed by atoms with Crippen LogP contribution in [-0.4, -0.2) is 10.1 Å². The summed E-state index contributed by atoms with van der Waals surface area (Å²) in [6.07, 6.45) is 3.73.